The third-order valence-corrected chi connectivity index (χ3v) is 5.74. The summed E-state index contributed by atoms with van der Waals surface area (Å²) in [4.78, 5) is 15.0. The zero-order valence-corrected chi connectivity index (χ0v) is 15.1. The molecule has 2 aromatic rings. The average molecular weight is 373 g/mol. The van der Waals surface area contributed by atoms with Gasteiger partial charge < -0.3 is 10.4 Å². The van der Waals surface area contributed by atoms with Crippen LogP contribution < -0.4 is 5.32 Å². The van der Waals surface area contributed by atoms with Crippen molar-refractivity contribution in [2.45, 2.75) is 38.6 Å². The normalized spacial score (nSPS) is 26.9. The van der Waals surface area contributed by atoms with E-state index in [0.717, 1.165) is 38.0 Å². The first-order valence-electron chi connectivity index (χ1n) is 9.38. The van der Waals surface area contributed by atoms with Crippen LogP contribution in [0.25, 0.3) is 0 Å². The lowest BCUT2D eigenvalue weighted by atomic mass is 9.75. The molecule has 2 bridgehead atoms. The van der Waals surface area contributed by atoms with Crippen LogP contribution >= 0.6 is 0 Å². The van der Waals surface area contributed by atoms with Crippen molar-refractivity contribution in [2.24, 2.45) is 11.8 Å². The molecule has 4 heterocycles. The van der Waals surface area contributed by atoms with Gasteiger partial charge in [-0.1, -0.05) is 17.3 Å². The Labute approximate surface area is 157 Å². The standard InChI is InChI=1S/C19H24FN5O2/c20-15-3-1-13(2-4-15)8-21-19(27)18-11-24-6-5-14(18)7-17(24)10-25-9-16(12-26)22-23-25/h1-4,9,14,17-18,26H,5-8,10-12H2,(H,21,27)/t14?,17-,18+/m1/s1. The van der Waals surface area contributed by atoms with E-state index in [2.05, 4.69) is 20.5 Å². The van der Waals surface area contributed by atoms with Crippen molar-refractivity contribution in [3.05, 3.63) is 47.5 Å². The third kappa shape index (κ3) is 4.01. The zero-order valence-electron chi connectivity index (χ0n) is 15.1. The van der Waals surface area contributed by atoms with E-state index in [1.54, 1.807) is 23.0 Å². The van der Waals surface area contributed by atoms with Crippen LogP contribution in [0.2, 0.25) is 0 Å². The molecule has 3 saturated heterocycles. The summed E-state index contributed by atoms with van der Waals surface area (Å²) in [6.07, 6.45) is 3.77. The van der Waals surface area contributed by atoms with E-state index < -0.39 is 0 Å². The van der Waals surface area contributed by atoms with Crippen molar-refractivity contribution >= 4 is 5.91 Å². The lowest BCUT2D eigenvalue weighted by Gasteiger charge is -2.49. The first-order valence-corrected chi connectivity index (χ1v) is 9.38. The van der Waals surface area contributed by atoms with Crippen molar-refractivity contribution in [1.82, 2.24) is 25.2 Å². The monoisotopic (exact) mass is 373 g/mol. The number of piperidine rings is 3. The minimum absolute atomic E-state index is 0.000743. The molecule has 2 unspecified atom stereocenters. The zero-order chi connectivity index (χ0) is 18.8. The number of amides is 1. The molecule has 3 fully saturated rings. The summed E-state index contributed by atoms with van der Waals surface area (Å²) in [6, 6.07) is 6.56. The smallest absolute Gasteiger partial charge is 0.224 e. The molecule has 1 aromatic heterocycles. The number of carbonyl (C=O) groups is 1. The third-order valence-electron chi connectivity index (χ3n) is 5.74. The van der Waals surface area contributed by atoms with Gasteiger partial charge in [0.15, 0.2) is 0 Å². The van der Waals surface area contributed by atoms with Gasteiger partial charge in [-0.05, 0) is 43.0 Å². The molecule has 0 aliphatic carbocycles. The lowest BCUT2D eigenvalue weighted by molar-refractivity contribution is -0.133. The highest BCUT2D eigenvalue weighted by molar-refractivity contribution is 5.79. The van der Waals surface area contributed by atoms with Gasteiger partial charge in [0.1, 0.15) is 11.5 Å². The van der Waals surface area contributed by atoms with Crippen LogP contribution in [0.4, 0.5) is 4.39 Å². The topological polar surface area (TPSA) is 83.3 Å². The molecule has 1 aromatic carbocycles. The fraction of sp³-hybridized carbons (Fsp3) is 0.526. The Bertz CT molecular complexity index is 794. The second-order valence-corrected chi connectivity index (χ2v) is 7.47. The number of rotatable bonds is 6. The van der Waals surface area contributed by atoms with Gasteiger partial charge in [0, 0.05) is 19.1 Å². The van der Waals surface area contributed by atoms with Crippen molar-refractivity contribution in [3.63, 3.8) is 0 Å². The Morgan fingerprint density at radius 2 is 2.15 bits per heavy atom. The maximum Gasteiger partial charge on any atom is 0.224 e. The van der Waals surface area contributed by atoms with Crippen molar-refractivity contribution in [1.29, 1.82) is 0 Å². The molecule has 0 radical (unpaired) electrons. The molecule has 3 aliphatic heterocycles. The molecule has 0 saturated carbocycles. The van der Waals surface area contributed by atoms with Gasteiger partial charge in [0.05, 0.1) is 25.3 Å². The minimum atomic E-state index is -0.271. The Hall–Kier alpha value is -2.32. The second kappa shape index (κ2) is 7.74. The molecule has 3 aliphatic rings. The molecule has 0 spiro atoms. The van der Waals surface area contributed by atoms with Gasteiger partial charge in [0.2, 0.25) is 5.91 Å². The maximum atomic E-state index is 13.0. The number of halogens is 1. The molecular formula is C19H24FN5O2. The maximum absolute atomic E-state index is 13.0. The van der Waals surface area contributed by atoms with Crippen molar-refractivity contribution < 1.29 is 14.3 Å². The predicted molar refractivity (Wildman–Crippen MR) is 95.8 cm³/mol. The number of hydrogen-bond acceptors (Lipinski definition) is 5. The number of nitrogens with one attached hydrogen (secondary N) is 1. The first kappa shape index (κ1) is 18.1. The van der Waals surface area contributed by atoms with E-state index in [0.29, 0.717) is 24.2 Å². The molecule has 5 rings (SSSR count). The van der Waals surface area contributed by atoms with Gasteiger partial charge in [0.25, 0.3) is 0 Å². The quantitative estimate of drug-likeness (QED) is 0.787. The van der Waals surface area contributed by atoms with E-state index in [1.165, 1.54) is 12.1 Å². The van der Waals surface area contributed by atoms with Gasteiger partial charge in [-0.15, -0.1) is 5.10 Å². The van der Waals surface area contributed by atoms with Gasteiger partial charge in [-0.2, -0.15) is 0 Å². The Kier molecular flexibility index (Phi) is 5.18. The van der Waals surface area contributed by atoms with Gasteiger partial charge in [-0.25, -0.2) is 4.39 Å². The molecule has 27 heavy (non-hydrogen) atoms. The highest BCUT2D eigenvalue weighted by Gasteiger charge is 2.43. The van der Waals surface area contributed by atoms with Crippen molar-refractivity contribution in [3.8, 4) is 0 Å². The predicted octanol–water partition coefficient (Wildman–Crippen LogP) is 0.936. The summed E-state index contributed by atoms with van der Waals surface area (Å²) in [6.45, 7) is 2.81. The molecule has 2 N–H and O–H groups in total. The number of aliphatic hydroxyl groups is 1. The van der Waals surface area contributed by atoms with E-state index in [-0.39, 0.29) is 24.2 Å². The molecule has 4 atom stereocenters. The van der Waals surface area contributed by atoms with Crippen LogP contribution in [-0.4, -0.2) is 50.0 Å². The molecule has 7 nitrogen and oxygen atoms in total. The Morgan fingerprint density at radius 1 is 1.33 bits per heavy atom. The van der Waals surface area contributed by atoms with E-state index in [1.807, 2.05) is 0 Å². The van der Waals surface area contributed by atoms with Crippen LogP contribution in [-0.2, 0) is 24.5 Å². The molecule has 144 valence electrons. The summed E-state index contributed by atoms with van der Waals surface area (Å²) in [7, 11) is 0. The molecular weight excluding hydrogens is 349 g/mol. The number of aliphatic hydroxyl groups excluding tert-OH is 1. The van der Waals surface area contributed by atoms with E-state index >= 15 is 0 Å². The van der Waals surface area contributed by atoms with Crippen LogP contribution in [0, 0.1) is 17.7 Å². The summed E-state index contributed by atoms with van der Waals surface area (Å²) in [5.41, 5.74) is 1.47. The number of nitrogens with zero attached hydrogens (tertiary/aromatic N) is 4. The van der Waals surface area contributed by atoms with Crippen LogP contribution in [0.1, 0.15) is 24.1 Å². The SMILES string of the molecule is O=C(NCc1ccc(F)cc1)[C@H]1CN2CCC1C[C@@H]2Cn1cc(CO)nn1. The Balaban J connectivity index is 1.32. The highest BCUT2D eigenvalue weighted by atomic mass is 19.1. The number of hydrogen-bond donors (Lipinski definition) is 2. The van der Waals surface area contributed by atoms with Crippen LogP contribution in [0.5, 0.6) is 0 Å². The summed E-state index contributed by atoms with van der Waals surface area (Å²) < 4.78 is 14.8. The minimum Gasteiger partial charge on any atom is -0.390 e. The van der Waals surface area contributed by atoms with Gasteiger partial charge in [-0.3, -0.25) is 14.4 Å². The average Bonchev–Trinajstić information content (AvgIpc) is 3.15. The number of carbonyl (C=O) groups excluding carboxylic acids is 1. The number of aromatic nitrogens is 3. The Morgan fingerprint density at radius 3 is 2.81 bits per heavy atom. The summed E-state index contributed by atoms with van der Waals surface area (Å²) in [5.74, 6) is 0.177. The first-order chi connectivity index (χ1) is 13.1. The highest BCUT2D eigenvalue weighted by Crippen LogP contribution is 2.36. The van der Waals surface area contributed by atoms with Crippen LogP contribution in [0.3, 0.4) is 0 Å². The van der Waals surface area contributed by atoms with E-state index in [4.69, 9.17) is 5.11 Å². The van der Waals surface area contributed by atoms with Crippen LogP contribution in [0.15, 0.2) is 30.5 Å². The fourth-order valence-electron chi connectivity index (χ4n) is 4.26. The molecule has 1 amide bonds. The molecule has 8 heteroatoms. The lowest BCUT2D eigenvalue weighted by Crippen LogP contribution is -2.58. The van der Waals surface area contributed by atoms with Crippen molar-refractivity contribution in [2.75, 3.05) is 13.1 Å². The summed E-state index contributed by atoms with van der Waals surface area (Å²) >= 11 is 0. The fourth-order valence-corrected chi connectivity index (χ4v) is 4.26. The number of fused-ring (bicyclic) bond motifs is 3. The second-order valence-electron chi connectivity index (χ2n) is 7.47. The number of benzene rings is 1. The largest absolute Gasteiger partial charge is 0.390 e. The van der Waals surface area contributed by atoms with Gasteiger partial charge >= 0.3 is 0 Å². The van der Waals surface area contributed by atoms with E-state index in [9.17, 15) is 9.18 Å². The summed E-state index contributed by atoms with van der Waals surface area (Å²) in [5, 5.41) is 20.1.